The van der Waals surface area contributed by atoms with Gasteiger partial charge in [-0.05, 0) is 38.0 Å². The molecule has 110 valence electrons. The maximum atomic E-state index is 11.8. The summed E-state index contributed by atoms with van der Waals surface area (Å²) in [6, 6.07) is -0.421. The lowest BCUT2D eigenvalue weighted by Crippen LogP contribution is -2.55. The highest BCUT2D eigenvalue weighted by Gasteiger charge is 2.42. The van der Waals surface area contributed by atoms with Crippen LogP contribution in [0.3, 0.4) is 0 Å². The van der Waals surface area contributed by atoms with Gasteiger partial charge in [-0.3, -0.25) is 0 Å². The van der Waals surface area contributed by atoms with Crippen LogP contribution in [0, 0.1) is 5.41 Å². The number of methoxy groups -OCH3 is 1. The molecule has 0 saturated heterocycles. The molecule has 1 aliphatic rings. The number of urea groups is 1. The lowest BCUT2D eigenvalue weighted by atomic mass is 9.99. The fourth-order valence-corrected chi connectivity index (χ4v) is 1.87. The van der Waals surface area contributed by atoms with Crippen LogP contribution in [0.15, 0.2) is 0 Å². The van der Waals surface area contributed by atoms with Crippen molar-refractivity contribution < 1.29 is 19.4 Å². The summed E-state index contributed by atoms with van der Waals surface area (Å²) in [6.45, 7) is 4.49. The Balaban J connectivity index is 2.38. The number of amides is 2. The quantitative estimate of drug-likeness (QED) is 0.622. The molecule has 0 spiro atoms. The standard InChI is InChI=1S/C13H24N2O4/c1-4-12(2,10(16)17)15-11(18)14-9-13(5-6-13)7-8-19-3/h4-9H2,1-3H3,(H,16,17)(H2,14,15,18). The average molecular weight is 272 g/mol. The van der Waals surface area contributed by atoms with Crippen molar-refractivity contribution in [3.05, 3.63) is 0 Å². The molecular weight excluding hydrogens is 248 g/mol. The lowest BCUT2D eigenvalue weighted by Gasteiger charge is -2.25. The van der Waals surface area contributed by atoms with E-state index in [4.69, 9.17) is 9.84 Å². The topological polar surface area (TPSA) is 87.7 Å². The van der Waals surface area contributed by atoms with Gasteiger partial charge in [0.25, 0.3) is 0 Å². The third-order valence-electron chi connectivity index (χ3n) is 3.99. The second-order valence-electron chi connectivity index (χ2n) is 5.54. The lowest BCUT2D eigenvalue weighted by molar-refractivity contribution is -0.143. The van der Waals surface area contributed by atoms with Gasteiger partial charge in [-0.25, -0.2) is 9.59 Å². The van der Waals surface area contributed by atoms with Crippen molar-refractivity contribution in [1.29, 1.82) is 0 Å². The van der Waals surface area contributed by atoms with E-state index in [0.29, 0.717) is 19.6 Å². The van der Waals surface area contributed by atoms with Crippen molar-refractivity contribution in [3.8, 4) is 0 Å². The fourth-order valence-electron chi connectivity index (χ4n) is 1.87. The summed E-state index contributed by atoms with van der Waals surface area (Å²) in [6.07, 6.45) is 3.43. The van der Waals surface area contributed by atoms with Gasteiger partial charge >= 0.3 is 12.0 Å². The fraction of sp³-hybridized carbons (Fsp3) is 0.846. The zero-order chi connectivity index (χ0) is 14.5. The third kappa shape index (κ3) is 4.38. The first kappa shape index (κ1) is 15.8. The highest BCUT2D eigenvalue weighted by Crippen LogP contribution is 2.48. The van der Waals surface area contributed by atoms with E-state index in [1.54, 1.807) is 14.0 Å². The molecule has 1 unspecified atom stereocenters. The van der Waals surface area contributed by atoms with E-state index >= 15 is 0 Å². The van der Waals surface area contributed by atoms with Crippen LogP contribution in [0.5, 0.6) is 0 Å². The van der Waals surface area contributed by atoms with E-state index in [2.05, 4.69) is 10.6 Å². The molecule has 1 rings (SSSR count). The number of carboxylic acids is 1. The van der Waals surface area contributed by atoms with Crippen molar-refractivity contribution >= 4 is 12.0 Å². The molecule has 0 bridgehead atoms. The number of nitrogens with one attached hydrogen (secondary N) is 2. The molecule has 19 heavy (non-hydrogen) atoms. The van der Waals surface area contributed by atoms with Gasteiger partial charge in [0, 0.05) is 20.3 Å². The number of hydrogen-bond donors (Lipinski definition) is 3. The third-order valence-corrected chi connectivity index (χ3v) is 3.99. The molecule has 0 aromatic carbocycles. The Morgan fingerprint density at radius 2 is 2.05 bits per heavy atom. The van der Waals surface area contributed by atoms with Gasteiger partial charge in [-0.2, -0.15) is 0 Å². The number of rotatable bonds is 8. The predicted octanol–water partition coefficient (Wildman–Crippen LogP) is 1.36. The Morgan fingerprint density at radius 3 is 2.47 bits per heavy atom. The maximum Gasteiger partial charge on any atom is 0.329 e. The molecule has 1 saturated carbocycles. The molecule has 1 fully saturated rings. The van der Waals surface area contributed by atoms with Gasteiger partial charge in [0.15, 0.2) is 0 Å². The van der Waals surface area contributed by atoms with Gasteiger partial charge in [-0.15, -0.1) is 0 Å². The highest BCUT2D eigenvalue weighted by molar-refractivity contribution is 5.85. The van der Waals surface area contributed by atoms with Crippen LogP contribution >= 0.6 is 0 Å². The van der Waals surface area contributed by atoms with Crippen molar-refractivity contribution in [2.45, 2.75) is 45.1 Å². The van der Waals surface area contributed by atoms with Crippen molar-refractivity contribution in [1.82, 2.24) is 10.6 Å². The largest absolute Gasteiger partial charge is 0.480 e. The maximum absolute atomic E-state index is 11.8. The Kier molecular flexibility index (Phi) is 5.17. The molecule has 6 heteroatoms. The van der Waals surface area contributed by atoms with E-state index in [9.17, 15) is 9.59 Å². The summed E-state index contributed by atoms with van der Waals surface area (Å²) in [7, 11) is 1.66. The summed E-state index contributed by atoms with van der Waals surface area (Å²) in [5.74, 6) is -1.02. The summed E-state index contributed by atoms with van der Waals surface area (Å²) in [5.41, 5.74) is -1.06. The molecule has 3 N–H and O–H groups in total. The van der Waals surface area contributed by atoms with Crippen molar-refractivity contribution in [2.24, 2.45) is 5.41 Å². The SMILES string of the molecule is CCC(C)(NC(=O)NCC1(CCOC)CC1)C(=O)O. The van der Waals surface area contributed by atoms with Gasteiger partial charge < -0.3 is 20.5 Å². The van der Waals surface area contributed by atoms with Crippen LogP contribution in [-0.2, 0) is 9.53 Å². The van der Waals surface area contributed by atoms with E-state index < -0.39 is 17.5 Å². The summed E-state index contributed by atoms with van der Waals surface area (Å²) in [5, 5.41) is 14.4. The number of hydrogen-bond acceptors (Lipinski definition) is 3. The summed E-state index contributed by atoms with van der Waals surface area (Å²) >= 11 is 0. The Labute approximate surface area is 113 Å². The Bertz CT molecular complexity index is 342. The molecule has 0 aliphatic heterocycles. The van der Waals surface area contributed by atoms with Crippen molar-refractivity contribution in [2.75, 3.05) is 20.3 Å². The molecule has 0 aromatic heterocycles. The van der Waals surface area contributed by atoms with E-state index in [0.717, 1.165) is 19.3 Å². The molecule has 6 nitrogen and oxygen atoms in total. The molecule has 2 amide bonds. The van der Waals surface area contributed by atoms with Crippen LogP contribution in [0.1, 0.15) is 39.5 Å². The van der Waals surface area contributed by atoms with Gasteiger partial charge in [-0.1, -0.05) is 6.92 Å². The first-order valence-electron chi connectivity index (χ1n) is 6.66. The molecule has 0 aromatic rings. The van der Waals surface area contributed by atoms with Gasteiger partial charge in [0.2, 0.25) is 0 Å². The zero-order valence-corrected chi connectivity index (χ0v) is 11.9. The Hall–Kier alpha value is -1.30. The monoisotopic (exact) mass is 272 g/mol. The van der Waals surface area contributed by atoms with E-state index in [1.807, 2.05) is 0 Å². The number of carbonyl (C=O) groups is 2. The molecule has 0 heterocycles. The van der Waals surface area contributed by atoms with Crippen LogP contribution in [0.4, 0.5) is 4.79 Å². The highest BCUT2D eigenvalue weighted by atomic mass is 16.5. The van der Waals surface area contributed by atoms with E-state index in [-0.39, 0.29) is 5.41 Å². The first-order valence-corrected chi connectivity index (χ1v) is 6.66. The molecule has 0 radical (unpaired) electrons. The molecular formula is C13H24N2O4. The van der Waals surface area contributed by atoms with Crippen molar-refractivity contribution in [3.63, 3.8) is 0 Å². The second kappa shape index (κ2) is 6.23. The molecule has 1 aliphatic carbocycles. The van der Waals surface area contributed by atoms with Crippen LogP contribution in [-0.4, -0.2) is 42.9 Å². The second-order valence-corrected chi connectivity index (χ2v) is 5.54. The Morgan fingerprint density at radius 1 is 1.42 bits per heavy atom. The van der Waals surface area contributed by atoms with E-state index in [1.165, 1.54) is 6.92 Å². The summed E-state index contributed by atoms with van der Waals surface area (Å²) in [4.78, 5) is 22.8. The normalized spacial score (nSPS) is 19.3. The smallest absolute Gasteiger partial charge is 0.329 e. The number of carboxylic acid groups (broad SMARTS) is 1. The minimum Gasteiger partial charge on any atom is -0.480 e. The zero-order valence-electron chi connectivity index (χ0n) is 11.9. The summed E-state index contributed by atoms with van der Waals surface area (Å²) < 4.78 is 5.05. The van der Waals surface area contributed by atoms with Crippen LogP contribution < -0.4 is 10.6 Å². The first-order chi connectivity index (χ1) is 8.87. The van der Waals surface area contributed by atoms with Crippen LogP contribution in [0.2, 0.25) is 0 Å². The number of aliphatic carboxylic acids is 1. The minimum atomic E-state index is -1.21. The number of ether oxygens (including phenoxy) is 1. The average Bonchev–Trinajstić information content (AvgIpc) is 3.14. The van der Waals surface area contributed by atoms with Gasteiger partial charge in [0.1, 0.15) is 5.54 Å². The minimum absolute atomic E-state index is 0.152. The van der Waals surface area contributed by atoms with Crippen LogP contribution in [0.25, 0.3) is 0 Å². The predicted molar refractivity (Wildman–Crippen MR) is 71.0 cm³/mol. The number of carbonyl (C=O) groups excluding carboxylic acids is 1. The van der Waals surface area contributed by atoms with Gasteiger partial charge in [0.05, 0.1) is 0 Å². The molecule has 1 atom stereocenters.